The number of carbonyl (C=O) groups is 2. The van der Waals surface area contributed by atoms with Gasteiger partial charge in [0.2, 0.25) is 0 Å². The molecule has 0 aromatic heterocycles. The van der Waals surface area contributed by atoms with E-state index < -0.39 is 11.8 Å². The van der Waals surface area contributed by atoms with E-state index in [9.17, 15) is 9.59 Å². The van der Waals surface area contributed by atoms with E-state index in [2.05, 4.69) is 57.0 Å². The normalized spacial score (nSPS) is 20.8. The first-order valence-electron chi connectivity index (χ1n) is 12.1. The highest BCUT2D eigenvalue weighted by Crippen LogP contribution is 2.44. The molecule has 2 aliphatic rings. The zero-order valence-electron chi connectivity index (χ0n) is 21.2. The standard InChI is InChI=1S/C28H33N3O3S/c1-7-34-21-11-9-20(10-12-21)30-26(33)23(25(32)29-27(30)35)15-19-8-13-24-22(14-19)18(4)16-28(5,6)31(24)17(2)3/h8-15,17-18H,7,16H2,1-6H3,(H,29,32,35)/b23-15+. The van der Waals surface area contributed by atoms with Crippen LogP contribution in [-0.2, 0) is 9.59 Å². The van der Waals surface area contributed by atoms with Gasteiger partial charge in [0.1, 0.15) is 11.3 Å². The fraction of sp³-hybridized carbons (Fsp3) is 0.393. The van der Waals surface area contributed by atoms with Crippen molar-refractivity contribution in [3.8, 4) is 5.75 Å². The van der Waals surface area contributed by atoms with Gasteiger partial charge in [0, 0.05) is 17.3 Å². The van der Waals surface area contributed by atoms with Crippen molar-refractivity contribution in [3.05, 3.63) is 59.2 Å². The summed E-state index contributed by atoms with van der Waals surface area (Å²) in [6.45, 7) is 13.7. The molecule has 184 valence electrons. The Bertz CT molecular complexity index is 1200. The van der Waals surface area contributed by atoms with Crippen LogP contribution in [0.5, 0.6) is 5.75 Å². The number of nitrogens with zero attached hydrogens (tertiary/aromatic N) is 2. The molecule has 0 spiro atoms. The maximum absolute atomic E-state index is 13.4. The third kappa shape index (κ3) is 4.69. The van der Waals surface area contributed by atoms with Gasteiger partial charge in [0.15, 0.2) is 5.11 Å². The average molecular weight is 492 g/mol. The van der Waals surface area contributed by atoms with Gasteiger partial charge in [-0.3, -0.25) is 19.8 Å². The lowest BCUT2D eigenvalue weighted by Crippen LogP contribution is -2.54. The Hall–Kier alpha value is -3.19. The molecule has 0 saturated carbocycles. The molecule has 2 heterocycles. The maximum Gasteiger partial charge on any atom is 0.270 e. The Labute approximate surface area is 212 Å². The number of amides is 2. The van der Waals surface area contributed by atoms with E-state index in [1.807, 2.05) is 13.0 Å². The van der Waals surface area contributed by atoms with Crippen LogP contribution in [0, 0.1) is 0 Å². The number of benzene rings is 2. The first-order valence-corrected chi connectivity index (χ1v) is 12.5. The van der Waals surface area contributed by atoms with Crippen LogP contribution in [0.2, 0.25) is 0 Å². The van der Waals surface area contributed by atoms with Crippen molar-refractivity contribution in [1.29, 1.82) is 0 Å². The highest BCUT2D eigenvalue weighted by molar-refractivity contribution is 7.80. The second kappa shape index (κ2) is 9.46. The Morgan fingerprint density at radius 1 is 1.17 bits per heavy atom. The number of ether oxygens (including phenoxy) is 1. The summed E-state index contributed by atoms with van der Waals surface area (Å²) in [5.41, 5.74) is 3.93. The molecule has 4 rings (SSSR count). The highest BCUT2D eigenvalue weighted by Gasteiger charge is 2.38. The lowest BCUT2D eigenvalue weighted by atomic mass is 9.78. The van der Waals surface area contributed by atoms with Crippen LogP contribution in [0.25, 0.3) is 6.08 Å². The molecule has 2 amide bonds. The Morgan fingerprint density at radius 3 is 2.49 bits per heavy atom. The Morgan fingerprint density at radius 2 is 1.86 bits per heavy atom. The Kier molecular flexibility index (Phi) is 6.73. The molecule has 1 unspecified atom stereocenters. The number of nitrogens with one attached hydrogen (secondary N) is 1. The van der Waals surface area contributed by atoms with Crippen molar-refractivity contribution in [1.82, 2.24) is 5.32 Å². The van der Waals surface area contributed by atoms with Gasteiger partial charge in [0.05, 0.1) is 12.3 Å². The van der Waals surface area contributed by atoms with Gasteiger partial charge in [-0.05, 0) is 113 Å². The van der Waals surface area contributed by atoms with Crippen LogP contribution in [-0.4, -0.2) is 35.1 Å². The smallest absolute Gasteiger partial charge is 0.270 e. The molecule has 1 N–H and O–H groups in total. The minimum Gasteiger partial charge on any atom is -0.494 e. The van der Waals surface area contributed by atoms with Crippen LogP contribution in [0.3, 0.4) is 0 Å². The SMILES string of the molecule is CCOc1ccc(N2C(=O)/C(=C/c3ccc4c(c3)C(C)CC(C)(C)N4C(C)C)C(=O)NC2=S)cc1. The fourth-order valence-corrected chi connectivity index (χ4v) is 5.74. The summed E-state index contributed by atoms with van der Waals surface area (Å²) in [7, 11) is 0. The lowest BCUT2D eigenvalue weighted by molar-refractivity contribution is -0.122. The first-order chi connectivity index (χ1) is 16.5. The van der Waals surface area contributed by atoms with E-state index in [4.69, 9.17) is 17.0 Å². The number of hydrogen-bond donors (Lipinski definition) is 1. The molecule has 2 aliphatic heterocycles. The van der Waals surface area contributed by atoms with Crippen molar-refractivity contribution < 1.29 is 14.3 Å². The van der Waals surface area contributed by atoms with E-state index in [-0.39, 0.29) is 16.2 Å². The number of carbonyl (C=O) groups excluding carboxylic acids is 2. The molecule has 7 heteroatoms. The molecular weight excluding hydrogens is 458 g/mol. The van der Waals surface area contributed by atoms with Gasteiger partial charge < -0.3 is 9.64 Å². The molecule has 0 aliphatic carbocycles. The molecule has 0 bridgehead atoms. The van der Waals surface area contributed by atoms with Gasteiger partial charge in [0.25, 0.3) is 11.8 Å². The van der Waals surface area contributed by atoms with Gasteiger partial charge >= 0.3 is 0 Å². The average Bonchev–Trinajstić information content (AvgIpc) is 2.77. The summed E-state index contributed by atoms with van der Waals surface area (Å²) >= 11 is 5.33. The lowest BCUT2D eigenvalue weighted by Gasteiger charge is -2.50. The van der Waals surface area contributed by atoms with Crippen LogP contribution in [0.4, 0.5) is 11.4 Å². The molecular formula is C28H33N3O3S. The summed E-state index contributed by atoms with van der Waals surface area (Å²) < 4.78 is 5.49. The van der Waals surface area contributed by atoms with E-state index >= 15 is 0 Å². The van der Waals surface area contributed by atoms with E-state index in [1.54, 1.807) is 30.3 Å². The van der Waals surface area contributed by atoms with Crippen molar-refractivity contribution in [2.75, 3.05) is 16.4 Å². The quantitative estimate of drug-likeness (QED) is 0.344. The molecule has 35 heavy (non-hydrogen) atoms. The predicted molar refractivity (Wildman–Crippen MR) is 145 cm³/mol. The van der Waals surface area contributed by atoms with Crippen molar-refractivity contribution >= 4 is 46.6 Å². The van der Waals surface area contributed by atoms with Gasteiger partial charge in [-0.2, -0.15) is 0 Å². The molecule has 2 aromatic carbocycles. The summed E-state index contributed by atoms with van der Waals surface area (Å²) in [5, 5.41) is 2.73. The number of fused-ring (bicyclic) bond motifs is 1. The van der Waals surface area contributed by atoms with Crippen LogP contribution < -0.4 is 19.9 Å². The van der Waals surface area contributed by atoms with Crippen molar-refractivity contribution in [2.45, 2.75) is 65.5 Å². The topological polar surface area (TPSA) is 61.9 Å². The summed E-state index contributed by atoms with van der Waals surface area (Å²) in [4.78, 5) is 30.0. The zero-order chi connectivity index (χ0) is 25.5. The Balaban J connectivity index is 1.69. The van der Waals surface area contributed by atoms with Gasteiger partial charge in [-0.25, -0.2) is 0 Å². The molecule has 0 radical (unpaired) electrons. The van der Waals surface area contributed by atoms with E-state index in [0.717, 1.165) is 12.0 Å². The van der Waals surface area contributed by atoms with E-state index in [1.165, 1.54) is 16.2 Å². The summed E-state index contributed by atoms with van der Waals surface area (Å²) in [6, 6.07) is 13.6. The van der Waals surface area contributed by atoms with Gasteiger partial charge in [-0.15, -0.1) is 0 Å². The molecule has 1 fully saturated rings. The minimum atomic E-state index is -0.488. The molecule has 1 saturated heterocycles. The van der Waals surface area contributed by atoms with Crippen molar-refractivity contribution in [2.24, 2.45) is 0 Å². The zero-order valence-corrected chi connectivity index (χ0v) is 22.0. The number of thiocarbonyl (C=S) groups is 1. The third-order valence-corrected chi connectivity index (χ3v) is 6.92. The third-order valence-electron chi connectivity index (χ3n) is 6.63. The molecule has 1 atom stereocenters. The number of anilines is 2. The second-order valence-corrected chi connectivity index (χ2v) is 10.5. The summed E-state index contributed by atoms with van der Waals surface area (Å²) in [5.74, 6) is 0.127. The van der Waals surface area contributed by atoms with Crippen LogP contribution in [0.15, 0.2) is 48.0 Å². The fourth-order valence-electron chi connectivity index (χ4n) is 5.45. The molecule has 2 aromatic rings. The largest absolute Gasteiger partial charge is 0.494 e. The van der Waals surface area contributed by atoms with Crippen LogP contribution in [0.1, 0.15) is 65.0 Å². The maximum atomic E-state index is 13.4. The second-order valence-electron chi connectivity index (χ2n) is 10.1. The van der Waals surface area contributed by atoms with Gasteiger partial charge in [-0.1, -0.05) is 13.0 Å². The molecule has 6 nitrogen and oxygen atoms in total. The highest BCUT2D eigenvalue weighted by atomic mass is 32.1. The number of rotatable bonds is 5. The first kappa shape index (κ1) is 24.9. The monoisotopic (exact) mass is 491 g/mol. The van der Waals surface area contributed by atoms with E-state index in [0.29, 0.717) is 30.0 Å². The summed E-state index contributed by atoms with van der Waals surface area (Å²) in [6.07, 6.45) is 2.69. The van der Waals surface area contributed by atoms with Crippen LogP contribution >= 0.6 is 12.2 Å². The number of hydrogen-bond acceptors (Lipinski definition) is 5. The van der Waals surface area contributed by atoms with Crippen molar-refractivity contribution in [3.63, 3.8) is 0 Å². The minimum absolute atomic E-state index is 0.0493. The predicted octanol–water partition coefficient (Wildman–Crippen LogP) is 5.42.